The van der Waals surface area contributed by atoms with Gasteiger partial charge in [-0.15, -0.1) is 0 Å². The highest BCUT2D eigenvalue weighted by molar-refractivity contribution is 5.42. The first-order chi connectivity index (χ1) is 15.5. The lowest BCUT2D eigenvalue weighted by atomic mass is 9.82. The summed E-state index contributed by atoms with van der Waals surface area (Å²) >= 11 is 0. The minimum Gasteiger partial charge on any atom is -0.394 e. The molecular formula is C25H22N2O5. The fourth-order valence-electron chi connectivity index (χ4n) is 3.36. The zero-order chi connectivity index (χ0) is 22.6. The number of aliphatic hydroxyl groups is 4. The lowest BCUT2D eigenvalue weighted by molar-refractivity contribution is -0.239. The molecule has 3 aromatic rings. The zero-order valence-corrected chi connectivity index (χ0v) is 17.0. The van der Waals surface area contributed by atoms with Crippen molar-refractivity contribution in [1.29, 1.82) is 0 Å². The standard InChI is InChI=1S/C25H22N2O5/c28-17-21-23(29)24(30)25(31,14-13-18-7-3-1-4-8-18)22(32-21)12-11-19-15-26-27(16-19)20-9-5-2-6-10-20/h1-10,15-16,21-24,28-31H,17H2/t21-,22-,23-,24+,25-/m1/s1. The van der Waals surface area contributed by atoms with Gasteiger partial charge in [0.25, 0.3) is 0 Å². The van der Waals surface area contributed by atoms with Crippen molar-refractivity contribution in [3.05, 3.63) is 84.2 Å². The zero-order valence-electron chi connectivity index (χ0n) is 17.0. The lowest BCUT2D eigenvalue weighted by Crippen LogP contribution is -2.65. The van der Waals surface area contributed by atoms with Crippen LogP contribution in [0.1, 0.15) is 11.1 Å². The van der Waals surface area contributed by atoms with E-state index in [1.807, 2.05) is 36.4 Å². The van der Waals surface area contributed by atoms with Crippen LogP contribution in [0, 0.1) is 23.7 Å². The molecule has 7 heteroatoms. The van der Waals surface area contributed by atoms with Crippen LogP contribution in [0.2, 0.25) is 0 Å². The van der Waals surface area contributed by atoms with Crippen LogP contribution in [0.4, 0.5) is 0 Å². The number of aromatic nitrogens is 2. The first-order valence-corrected chi connectivity index (χ1v) is 10.1. The minimum atomic E-state index is -2.18. The first kappa shape index (κ1) is 21.8. The van der Waals surface area contributed by atoms with E-state index in [-0.39, 0.29) is 0 Å². The van der Waals surface area contributed by atoms with Gasteiger partial charge in [-0.3, -0.25) is 0 Å². The number of rotatable bonds is 2. The molecule has 5 atom stereocenters. The van der Waals surface area contributed by atoms with Crippen LogP contribution in [0.25, 0.3) is 5.69 Å². The predicted octanol–water partition coefficient (Wildman–Crippen LogP) is 0.488. The van der Waals surface area contributed by atoms with Crippen molar-refractivity contribution in [3.63, 3.8) is 0 Å². The van der Waals surface area contributed by atoms with E-state index in [2.05, 4.69) is 28.8 Å². The number of nitrogens with zero attached hydrogens (tertiary/aromatic N) is 2. The van der Waals surface area contributed by atoms with Gasteiger partial charge < -0.3 is 25.2 Å². The molecule has 2 heterocycles. The van der Waals surface area contributed by atoms with Crippen LogP contribution in [-0.2, 0) is 4.74 Å². The summed E-state index contributed by atoms with van der Waals surface area (Å²) in [6, 6.07) is 18.4. The Labute approximate surface area is 185 Å². The number of aliphatic hydroxyl groups excluding tert-OH is 3. The smallest absolute Gasteiger partial charge is 0.191 e. The Morgan fingerprint density at radius 3 is 2.34 bits per heavy atom. The molecule has 1 fully saturated rings. The van der Waals surface area contributed by atoms with Crippen LogP contribution in [0.3, 0.4) is 0 Å². The average molecular weight is 430 g/mol. The number of ether oxygens (including phenoxy) is 1. The molecule has 1 saturated heterocycles. The molecule has 4 N–H and O–H groups in total. The minimum absolute atomic E-state index is 0.551. The first-order valence-electron chi connectivity index (χ1n) is 10.1. The Morgan fingerprint density at radius 1 is 0.969 bits per heavy atom. The number of para-hydroxylation sites is 1. The van der Waals surface area contributed by atoms with Gasteiger partial charge in [-0.05, 0) is 24.3 Å². The molecule has 162 valence electrons. The fraction of sp³-hybridized carbons (Fsp3) is 0.240. The van der Waals surface area contributed by atoms with E-state index < -0.39 is 36.6 Å². The van der Waals surface area contributed by atoms with Gasteiger partial charge in [0.15, 0.2) is 11.7 Å². The molecule has 1 aliphatic heterocycles. The van der Waals surface area contributed by atoms with E-state index in [9.17, 15) is 20.4 Å². The second-order valence-corrected chi connectivity index (χ2v) is 7.39. The second-order valence-electron chi connectivity index (χ2n) is 7.39. The van der Waals surface area contributed by atoms with Crippen molar-refractivity contribution in [2.45, 2.75) is 30.0 Å². The largest absolute Gasteiger partial charge is 0.394 e. The molecule has 0 aliphatic carbocycles. The molecular weight excluding hydrogens is 408 g/mol. The van der Waals surface area contributed by atoms with Crippen LogP contribution < -0.4 is 0 Å². The molecule has 1 aliphatic rings. The SMILES string of the molecule is OC[C@H]1O[C@H](C#Cc2cnn(-c3ccccc3)c2)[C@](O)(C#Cc2ccccc2)[C@@H](O)[C@@H]1O. The Kier molecular flexibility index (Phi) is 6.38. The Bertz CT molecular complexity index is 1170. The molecule has 0 radical (unpaired) electrons. The lowest BCUT2D eigenvalue weighted by Gasteiger charge is -2.43. The Morgan fingerprint density at radius 2 is 1.66 bits per heavy atom. The summed E-state index contributed by atoms with van der Waals surface area (Å²) in [5, 5.41) is 45.9. The Balaban J connectivity index is 1.66. The normalized spacial score (nSPS) is 27.0. The van der Waals surface area contributed by atoms with E-state index in [1.54, 1.807) is 41.3 Å². The molecule has 4 rings (SSSR count). The van der Waals surface area contributed by atoms with E-state index in [1.165, 1.54) is 0 Å². The van der Waals surface area contributed by atoms with E-state index in [0.717, 1.165) is 5.69 Å². The summed E-state index contributed by atoms with van der Waals surface area (Å²) in [4.78, 5) is 0. The molecule has 1 aromatic heterocycles. The van der Waals surface area contributed by atoms with Gasteiger partial charge in [0, 0.05) is 11.8 Å². The monoisotopic (exact) mass is 430 g/mol. The topological polar surface area (TPSA) is 108 Å². The summed E-state index contributed by atoms with van der Waals surface area (Å²) in [6.45, 7) is -0.551. The average Bonchev–Trinajstić information content (AvgIpc) is 3.31. The fourth-order valence-corrected chi connectivity index (χ4v) is 3.36. The van der Waals surface area contributed by atoms with Crippen LogP contribution in [0.5, 0.6) is 0 Å². The van der Waals surface area contributed by atoms with Crippen molar-refractivity contribution in [3.8, 4) is 29.4 Å². The summed E-state index contributed by atoms with van der Waals surface area (Å²) in [5.41, 5.74) is -0.151. The maximum absolute atomic E-state index is 11.2. The molecule has 0 unspecified atom stereocenters. The van der Waals surface area contributed by atoms with Gasteiger partial charge >= 0.3 is 0 Å². The highest BCUT2D eigenvalue weighted by Gasteiger charge is 2.53. The van der Waals surface area contributed by atoms with Crippen molar-refractivity contribution in [2.75, 3.05) is 6.61 Å². The van der Waals surface area contributed by atoms with Crippen molar-refractivity contribution in [1.82, 2.24) is 9.78 Å². The molecule has 2 aromatic carbocycles. The van der Waals surface area contributed by atoms with Crippen LogP contribution in [-0.4, -0.2) is 66.8 Å². The predicted molar refractivity (Wildman–Crippen MR) is 116 cm³/mol. The number of hydrogen-bond donors (Lipinski definition) is 4. The van der Waals surface area contributed by atoms with E-state index >= 15 is 0 Å². The highest BCUT2D eigenvalue weighted by atomic mass is 16.5. The second kappa shape index (κ2) is 9.37. The third-order valence-electron chi connectivity index (χ3n) is 5.18. The van der Waals surface area contributed by atoms with E-state index in [4.69, 9.17) is 4.74 Å². The quantitative estimate of drug-likeness (QED) is 0.441. The summed E-state index contributed by atoms with van der Waals surface area (Å²) < 4.78 is 7.28. The number of benzene rings is 2. The molecule has 0 amide bonds. The third kappa shape index (κ3) is 4.44. The Hall–Kier alpha value is -3.43. The van der Waals surface area contributed by atoms with Gasteiger partial charge in [0.05, 0.1) is 24.1 Å². The molecule has 0 spiro atoms. The van der Waals surface area contributed by atoms with Gasteiger partial charge in [-0.2, -0.15) is 5.10 Å². The van der Waals surface area contributed by atoms with Crippen LogP contribution in [0.15, 0.2) is 73.1 Å². The van der Waals surface area contributed by atoms with Crippen molar-refractivity contribution < 1.29 is 25.2 Å². The molecule has 7 nitrogen and oxygen atoms in total. The maximum atomic E-state index is 11.2. The summed E-state index contributed by atoms with van der Waals surface area (Å²) in [6.07, 6.45) is -2.35. The van der Waals surface area contributed by atoms with Gasteiger partial charge in [-0.25, -0.2) is 4.68 Å². The van der Waals surface area contributed by atoms with Crippen LogP contribution >= 0.6 is 0 Å². The van der Waals surface area contributed by atoms with Crippen molar-refractivity contribution in [2.24, 2.45) is 0 Å². The maximum Gasteiger partial charge on any atom is 0.191 e. The molecule has 0 saturated carbocycles. The highest BCUT2D eigenvalue weighted by Crippen LogP contribution is 2.30. The van der Waals surface area contributed by atoms with Gasteiger partial charge in [-0.1, -0.05) is 60.1 Å². The number of hydrogen-bond acceptors (Lipinski definition) is 6. The van der Waals surface area contributed by atoms with E-state index in [0.29, 0.717) is 11.1 Å². The molecule has 32 heavy (non-hydrogen) atoms. The van der Waals surface area contributed by atoms with Gasteiger partial charge in [0.2, 0.25) is 0 Å². The van der Waals surface area contributed by atoms with Gasteiger partial charge in [0.1, 0.15) is 18.3 Å². The molecule has 0 bridgehead atoms. The van der Waals surface area contributed by atoms with Crippen molar-refractivity contribution >= 4 is 0 Å². The summed E-state index contributed by atoms with van der Waals surface area (Å²) in [5.74, 6) is 11.1. The summed E-state index contributed by atoms with van der Waals surface area (Å²) in [7, 11) is 0. The third-order valence-corrected chi connectivity index (χ3v) is 5.18.